The van der Waals surface area contributed by atoms with E-state index in [1.165, 1.54) is 41.5 Å². The molecule has 0 spiro atoms. The highest BCUT2D eigenvalue weighted by atomic mass is 17.3. The minimum Gasteiger partial charge on any atom is -0.300 e. The average molecular weight is 1130 g/mol. The summed E-state index contributed by atoms with van der Waals surface area (Å²) in [6, 6.07) is 0. The maximum atomic E-state index is 10.9. The number of rotatable bonds is 35. The van der Waals surface area contributed by atoms with E-state index in [0.717, 1.165) is 38.5 Å². The van der Waals surface area contributed by atoms with E-state index in [-0.39, 0.29) is 36.2 Å². The van der Waals surface area contributed by atoms with E-state index in [1.54, 1.807) is 27.7 Å². The maximum absolute atomic E-state index is 10.9. The Balaban J connectivity index is -0.000000895. The molecule has 0 aromatic heterocycles. The van der Waals surface area contributed by atoms with E-state index < -0.39 is 59.9 Å². The molecule has 10 N–H and O–H groups in total. The highest BCUT2D eigenvalue weighted by Crippen LogP contribution is 2.38. The predicted octanol–water partition coefficient (Wildman–Crippen LogP) is 9.97. The molecule has 2 aliphatic rings. The zero-order valence-electron chi connectivity index (χ0n) is 46.3. The molecule has 6 unspecified atom stereocenters. The summed E-state index contributed by atoms with van der Waals surface area (Å²) in [6.07, 6.45) is 9.12. The monoisotopic (exact) mass is 1130 g/mol. The quantitative estimate of drug-likeness (QED) is 0.0122. The Kier molecular flexibility index (Phi) is 42.5. The zero-order chi connectivity index (χ0) is 59.2. The molecule has 0 amide bonds. The summed E-state index contributed by atoms with van der Waals surface area (Å²) in [4.78, 5) is 110. The van der Waals surface area contributed by atoms with Crippen molar-refractivity contribution in [3.8, 4) is 0 Å². The Morgan fingerprint density at radius 1 is 0.421 bits per heavy atom. The highest BCUT2D eigenvalue weighted by molar-refractivity contribution is 5.76. The van der Waals surface area contributed by atoms with Crippen LogP contribution in [0.2, 0.25) is 0 Å². The molecule has 0 radical (unpaired) electrons. The summed E-state index contributed by atoms with van der Waals surface area (Å²) >= 11 is 0. The van der Waals surface area contributed by atoms with Crippen LogP contribution >= 0.6 is 0 Å². The van der Waals surface area contributed by atoms with Crippen LogP contribution in [0.4, 0.5) is 0 Å². The first-order valence-electron chi connectivity index (χ1n) is 24.3. The molecule has 2 aliphatic carbocycles. The van der Waals surface area contributed by atoms with Crippen LogP contribution in [0.25, 0.3) is 0 Å². The van der Waals surface area contributed by atoms with E-state index in [1.807, 2.05) is 27.7 Å². The molecule has 0 aromatic rings. The van der Waals surface area contributed by atoms with Gasteiger partial charge in [-0.15, -0.1) is 0 Å². The number of Topliss-reactive ketones (excluding diaryl/α,β-unsaturated/α-hetero) is 2. The Labute approximate surface area is 442 Å². The summed E-state index contributed by atoms with van der Waals surface area (Å²) < 4.78 is 0. The molecule has 32 heteroatoms. The first-order valence-corrected chi connectivity index (χ1v) is 24.3. The lowest BCUT2D eigenvalue weighted by Gasteiger charge is -2.37. The Bertz CT molecular complexity index is 1320. The molecular formula is C44H90O32. The number of hydrogen-bond donors (Lipinski definition) is 10. The minimum atomic E-state index is -1.76. The Morgan fingerprint density at radius 2 is 0.671 bits per heavy atom. The standard InChI is InChI=1S/C12H22O6.C12H26O6.C10H18O8.C8H18O6.C2H6O6/c13-15-11(7-3-1-4-8-11)17-18-12(16-14)9-5-2-6-10-12;1-9(2)7-11(5,15-13)17-18-12(6,16-14)8-10(3)4;1-7(11)5-9(3,15-13)17-18-10(4,16-14)6-8(2)12;1-5-7(3,11-9)13-14-8(4,6-2)12-10;3-5-1-7-8-2-6-4/h13-14H,1-10H2;9-10,13-14H,7-8H2,1-6H3;13-14H,5-6H2,1-4H3;9-10H,5-6H2,1-4H3;3-4H,1-2H2. The lowest BCUT2D eigenvalue weighted by Crippen LogP contribution is -2.44. The van der Waals surface area contributed by atoms with Crippen molar-refractivity contribution in [2.75, 3.05) is 13.6 Å². The van der Waals surface area contributed by atoms with Crippen molar-refractivity contribution in [1.29, 1.82) is 0 Å². The third-order valence-electron chi connectivity index (χ3n) is 10.5. The zero-order valence-corrected chi connectivity index (χ0v) is 46.3. The van der Waals surface area contributed by atoms with Crippen LogP contribution in [0.5, 0.6) is 0 Å². The van der Waals surface area contributed by atoms with Crippen LogP contribution < -0.4 is 0 Å². The van der Waals surface area contributed by atoms with Crippen molar-refractivity contribution in [1.82, 2.24) is 0 Å². The Morgan fingerprint density at radius 3 is 0.868 bits per heavy atom. The van der Waals surface area contributed by atoms with Gasteiger partial charge in [-0.25, -0.2) is 111 Å². The number of carbonyl (C=O) groups excluding carboxylic acids is 2. The summed E-state index contributed by atoms with van der Waals surface area (Å²) in [6.45, 7) is 21.5. The number of hydrogen-bond acceptors (Lipinski definition) is 32. The van der Waals surface area contributed by atoms with Gasteiger partial charge in [-0.2, -0.15) is 39.1 Å². The summed E-state index contributed by atoms with van der Waals surface area (Å²) in [7, 11) is 0. The molecule has 76 heavy (non-hydrogen) atoms. The van der Waals surface area contributed by atoms with Crippen LogP contribution in [0.3, 0.4) is 0 Å². The van der Waals surface area contributed by atoms with Crippen molar-refractivity contribution in [3.05, 3.63) is 0 Å². The van der Waals surface area contributed by atoms with E-state index in [9.17, 15) is 9.59 Å². The lowest BCUT2D eigenvalue weighted by molar-refractivity contribution is -0.577. The molecule has 0 bridgehead atoms. The highest BCUT2D eigenvalue weighted by Gasteiger charge is 2.44. The molecule has 458 valence electrons. The van der Waals surface area contributed by atoms with E-state index in [2.05, 4.69) is 58.7 Å². The molecular weight excluding hydrogens is 1040 g/mol. The van der Waals surface area contributed by atoms with Gasteiger partial charge in [0.05, 0.1) is 12.8 Å². The second kappa shape index (κ2) is 41.2. The fourth-order valence-corrected chi connectivity index (χ4v) is 6.34. The fraction of sp³-hybridized carbons (Fsp3) is 0.955. The number of ketones is 2. The van der Waals surface area contributed by atoms with Gasteiger partial charge in [-0.3, -0.25) is 9.59 Å². The summed E-state index contributed by atoms with van der Waals surface area (Å²) in [5.41, 5.74) is 0. The van der Waals surface area contributed by atoms with Crippen molar-refractivity contribution in [2.45, 2.75) is 246 Å². The van der Waals surface area contributed by atoms with Crippen molar-refractivity contribution >= 4 is 11.6 Å². The van der Waals surface area contributed by atoms with Gasteiger partial charge in [0.2, 0.25) is 59.9 Å². The van der Waals surface area contributed by atoms with Crippen LogP contribution in [0, 0.1) is 11.8 Å². The smallest absolute Gasteiger partial charge is 0.237 e. The molecule has 2 fully saturated rings. The van der Waals surface area contributed by atoms with E-state index in [4.69, 9.17) is 91.7 Å². The van der Waals surface area contributed by atoms with Gasteiger partial charge in [-0.05, 0) is 92.9 Å². The van der Waals surface area contributed by atoms with Gasteiger partial charge in [0.25, 0.3) is 0 Å². The third-order valence-corrected chi connectivity index (χ3v) is 10.5. The predicted molar refractivity (Wildman–Crippen MR) is 250 cm³/mol. The molecule has 0 saturated heterocycles. The third kappa shape index (κ3) is 35.7. The SMILES string of the molecule is CC(=O)CC(C)(OO)OOC(C)(CC(C)=O)OO.CC(C)CC(C)(OO)OOC(C)(CC(C)C)OO.CCC(C)(OO)OOC(C)(CC)OO.OOC1(OOC2(OO)CCCCC2)CCCCC1.OOCOOCOO. The van der Waals surface area contributed by atoms with Crippen LogP contribution in [0.1, 0.15) is 200 Å². The van der Waals surface area contributed by atoms with Crippen molar-refractivity contribution in [2.24, 2.45) is 11.8 Å². The largest absolute Gasteiger partial charge is 0.300 e. The molecule has 2 saturated carbocycles. The fourth-order valence-electron chi connectivity index (χ4n) is 6.34. The average Bonchev–Trinajstić information content (AvgIpc) is 3.40. The maximum Gasteiger partial charge on any atom is 0.237 e. The molecule has 0 aliphatic heterocycles. The molecule has 6 atom stereocenters. The number of carbonyl (C=O) groups is 2. The van der Waals surface area contributed by atoms with Crippen LogP contribution in [-0.4, -0.2) is 124 Å². The molecule has 0 aromatic carbocycles. The van der Waals surface area contributed by atoms with E-state index >= 15 is 0 Å². The molecule has 2 rings (SSSR count). The molecule has 32 nitrogen and oxygen atoms in total. The topological polar surface area (TPSA) is 421 Å². The normalized spacial score (nSPS) is 19.9. The first-order chi connectivity index (χ1) is 35.4. The van der Waals surface area contributed by atoms with Gasteiger partial charge in [0.1, 0.15) is 11.6 Å². The van der Waals surface area contributed by atoms with Crippen molar-refractivity contribution in [3.63, 3.8) is 0 Å². The Hall–Kier alpha value is -1.86. The lowest BCUT2D eigenvalue weighted by atomic mass is 9.94. The van der Waals surface area contributed by atoms with Gasteiger partial charge in [0.15, 0.2) is 0 Å². The van der Waals surface area contributed by atoms with Crippen molar-refractivity contribution < 1.29 is 160 Å². The summed E-state index contributed by atoms with van der Waals surface area (Å²) in [5.74, 6) is -11.1. The first kappa shape index (κ1) is 78.4. The van der Waals surface area contributed by atoms with Gasteiger partial charge >= 0.3 is 0 Å². The van der Waals surface area contributed by atoms with Gasteiger partial charge < -0.3 is 0 Å². The summed E-state index contributed by atoms with van der Waals surface area (Å²) in [5, 5.41) is 85.3. The van der Waals surface area contributed by atoms with E-state index in [0.29, 0.717) is 51.4 Å². The van der Waals surface area contributed by atoms with Gasteiger partial charge in [0, 0.05) is 51.4 Å². The van der Waals surface area contributed by atoms with Crippen LogP contribution in [-0.2, 0) is 107 Å². The second-order valence-corrected chi connectivity index (χ2v) is 19.5. The van der Waals surface area contributed by atoms with Crippen LogP contribution in [0.15, 0.2) is 0 Å². The second-order valence-electron chi connectivity index (χ2n) is 19.5. The van der Waals surface area contributed by atoms with Gasteiger partial charge in [-0.1, -0.05) is 54.4 Å². The minimum absolute atomic E-state index is 0.233. The molecule has 0 heterocycles.